The SMILES string of the molecule is CCNC(=NCCOCCC(C)C)NCCS(N)(=O)=O.I. The molecular weight excluding hydrogens is 407 g/mol. The molecule has 0 aromatic rings. The molecule has 0 aromatic heterocycles. The van der Waals surface area contributed by atoms with Crippen LogP contribution in [0.25, 0.3) is 0 Å². The number of ether oxygens (including phenoxy) is 1. The Balaban J connectivity index is 0. The van der Waals surface area contributed by atoms with Crippen molar-refractivity contribution in [2.24, 2.45) is 16.0 Å². The molecule has 0 spiro atoms. The van der Waals surface area contributed by atoms with E-state index in [1.54, 1.807) is 0 Å². The second-order valence-corrected chi connectivity index (χ2v) is 6.58. The average Bonchev–Trinajstić information content (AvgIpc) is 2.31. The number of rotatable bonds is 10. The molecule has 128 valence electrons. The van der Waals surface area contributed by atoms with Gasteiger partial charge in [0, 0.05) is 19.7 Å². The molecular formula is C12H29IN4O3S. The number of primary sulfonamides is 1. The third-order valence-electron chi connectivity index (χ3n) is 2.37. The van der Waals surface area contributed by atoms with E-state index in [0.717, 1.165) is 13.0 Å². The first-order valence-electron chi connectivity index (χ1n) is 6.95. The van der Waals surface area contributed by atoms with Gasteiger partial charge in [0.25, 0.3) is 0 Å². The third kappa shape index (κ3) is 17.8. The van der Waals surface area contributed by atoms with E-state index in [9.17, 15) is 8.42 Å². The zero-order chi connectivity index (χ0) is 15.4. The first kappa shape index (κ1) is 23.1. The summed E-state index contributed by atoms with van der Waals surface area (Å²) in [5.41, 5.74) is 0. The van der Waals surface area contributed by atoms with E-state index in [-0.39, 0.29) is 36.3 Å². The van der Waals surface area contributed by atoms with Gasteiger partial charge in [0.05, 0.1) is 18.9 Å². The number of nitrogens with one attached hydrogen (secondary N) is 2. The van der Waals surface area contributed by atoms with Gasteiger partial charge < -0.3 is 15.4 Å². The molecule has 0 bridgehead atoms. The maximum Gasteiger partial charge on any atom is 0.210 e. The van der Waals surface area contributed by atoms with E-state index in [1.165, 1.54) is 0 Å². The van der Waals surface area contributed by atoms with Gasteiger partial charge >= 0.3 is 0 Å². The van der Waals surface area contributed by atoms with Crippen molar-refractivity contribution in [1.82, 2.24) is 10.6 Å². The van der Waals surface area contributed by atoms with Crippen molar-refractivity contribution in [2.75, 3.05) is 38.6 Å². The number of aliphatic imine (C=N–C) groups is 1. The third-order valence-corrected chi connectivity index (χ3v) is 3.14. The highest BCUT2D eigenvalue weighted by Gasteiger charge is 2.03. The summed E-state index contributed by atoms with van der Waals surface area (Å²) in [5.74, 6) is 1.08. The molecule has 0 aromatic carbocycles. The second-order valence-electron chi connectivity index (χ2n) is 4.85. The number of guanidine groups is 1. The zero-order valence-electron chi connectivity index (χ0n) is 13.1. The lowest BCUT2D eigenvalue weighted by Crippen LogP contribution is -2.40. The van der Waals surface area contributed by atoms with Crippen LogP contribution in [0, 0.1) is 5.92 Å². The highest BCUT2D eigenvalue weighted by Crippen LogP contribution is 1.98. The van der Waals surface area contributed by atoms with Crippen molar-refractivity contribution >= 4 is 40.0 Å². The maximum atomic E-state index is 10.8. The Morgan fingerprint density at radius 2 is 1.95 bits per heavy atom. The quantitative estimate of drug-likeness (QED) is 0.200. The van der Waals surface area contributed by atoms with Gasteiger partial charge in [-0.05, 0) is 19.3 Å². The normalized spacial score (nSPS) is 12.1. The number of hydrogen-bond donors (Lipinski definition) is 3. The van der Waals surface area contributed by atoms with Crippen LogP contribution in [0.5, 0.6) is 0 Å². The fourth-order valence-corrected chi connectivity index (χ4v) is 1.68. The minimum absolute atomic E-state index is 0. The molecule has 0 radical (unpaired) electrons. The molecule has 0 fully saturated rings. The summed E-state index contributed by atoms with van der Waals surface area (Å²) in [4.78, 5) is 4.28. The van der Waals surface area contributed by atoms with E-state index in [2.05, 4.69) is 29.5 Å². The molecule has 0 rings (SSSR count). The molecule has 7 nitrogen and oxygen atoms in total. The number of nitrogens with two attached hydrogens (primary N) is 1. The van der Waals surface area contributed by atoms with Crippen LogP contribution in [-0.2, 0) is 14.8 Å². The Labute approximate surface area is 145 Å². The lowest BCUT2D eigenvalue weighted by atomic mass is 10.1. The van der Waals surface area contributed by atoms with Gasteiger partial charge in [-0.2, -0.15) is 0 Å². The van der Waals surface area contributed by atoms with Crippen LogP contribution in [0.2, 0.25) is 0 Å². The van der Waals surface area contributed by atoms with E-state index in [0.29, 0.717) is 31.6 Å². The predicted octanol–water partition coefficient (Wildman–Crippen LogP) is 0.511. The van der Waals surface area contributed by atoms with Crippen LogP contribution in [0.1, 0.15) is 27.2 Å². The number of halogens is 1. The Hall–Kier alpha value is -0.130. The topological polar surface area (TPSA) is 106 Å². The molecule has 0 aliphatic carbocycles. The highest BCUT2D eigenvalue weighted by molar-refractivity contribution is 14.0. The average molecular weight is 436 g/mol. The molecule has 0 aliphatic rings. The Morgan fingerprint density at radius 3 is 2.48 bits per heavy atom. The molecule has 0 heterocycles. The Bertz CT molecular complexity index is 375. The van der Waals surface area contributed by atoms with Gasteiger partial charge in [0.2, 0.25) is 10.0 Å². The Morgan fingerprint density at radius 1 is 1.29 bits per heavy atom. The number of hydrogen-bond acceptors (Lipinski definition) is 4. The summed E-state index contributed by atoms with van der Waals surface area (Å²) < 4.78 is 27.1. The van der Waals surface area contributed by atoms with Crippen LogP contribution in [0.4, 0.5) is 0 Å². The summed E-state index contributed by atoms with van der Waals surface area (Å²) in [7, 11) is -3.45. The van der Waals surface area contributed by atoms with Crippen molar-refractivity contribution in [1.29, 1.82) is 0 Å². The summed E-state index contributed by atoms with van der Waals surface area (Å²) in [6.45, 7) is 9.01. The van der Waals surface area contributed by atoms with Crippen molar-refractivity contribution in [3.63, 3.8) is 0 Å². The lowest BCUT2D eigenvalue weighted by Gasteiger charge is -2.11. The van der Waals surface area contributed by atoms with Gasteiger partial charge in [-0.15, -0.1) is 24.0 Å². The van der Waals surface area contributed by atoms with Crippen LogP contribution in [0.15, 0.2) is 4.99 Å². The molecule has 9 heteroatoms. The lowest BCUT2D eigenvalue weighted by molar-refractivity contribution is 0.130. The highest BCUT2D eigenvalue weighted by atomic mass is 127. The Kier molecular flexibility index (Phi) is 14.9. The van der Waals surface area contributed by atoms with E-state index in [1.807, 2.05) is 6.92 Å². The second kappa shape index (κ2) is 13.5. The summed E-state index contributed by atoms with van der Waals surface area (Å²) in [5, 5.41) is 10.9. The van der Waals surface area contributed by atoms with Gasteiger partial charge in [-0.25, -0.2) is 13.6 Å². The fraction of sp³-hybridized carbons (Fsp3) is 0.917. The van der Waals surface area contributed by atoms with Crippen LogP contribution in [-0.4, -0.2) is 53.0 Å². The maximum absolute atomic E-state index is 10.8. The molecule has 0 saturated heterocycles. The summed E-state index contributed by atoms with van der Waals surface area (Å²) in [6.07, 6.45) is 1.04. The van der Waals surface area contributed by atoms with Crippen molar-refractivity contribution in [2.45, 2.75) is 27.2 Å². The smallest absolute Gasteiger partial charge is 0.210 e. The monoisotopic (exact) mass is 436 g/mol. The molecule has 4 N–H and O–H groups in total. The first-order valence-corrected chi connectivity index (χ1v) is 8.67. The van der Waals surface area contributed by atoms with Crippen LogP contribution < -0.4 is 15.8 Å². The van der Waals surface area contributed by atoms with E-state index >= 15 is 0 Å². The minimum atomic E-state index is -3.45. The fourth-order valence-electron chi connectivity index (χ4n) is 1.30. The largest absolute Gasteiger partial charge is 0.380 e. The zero-order valence-corrected chi connectivity index (χ0v) is 16.2. The van der Waals surface area contributed by atoms with Crippen LogP contribution >= 0.6 is 24.0 Å². The van der Waals surface area contributed by atoms with E-state index < -0.39 is 10.0 Å². The predicted molar refractivity (Wildman–Crippen MR) is 97.6 cm³/mol. The number of sulfonamides is 1. The summed E-state index contributed by atoms with van der Waals surface area (Å²) >= 11 is 0. The number of nitrogens with zero attached hydrogens (tertiary/aromatic N) is 1. The molecule has 0 unspecified atom stereocenters. The molecule has 0 saturated carbocycles. The van der Waals surface area contributed by atoms with Crippen molar-refractivity contribution < 1.29 is 13.2 Å². The first-order chi connectivity index (χ1) is 9.35. The van der Waals surface area contributed by atoms with Crippen molar-refractivity contribution in [3.8, 4) is 0 Å². The molecule has 0 aliphatic heterocycles. The van der Waals surface area contributed by atoms with Gasteiger partial charge in [0.1, 0.15) is 0 Å². The molecule has 0 atom stereocenters. The standard InChI is InChI=1S/C12H28N4O3S.HI/c1-4-14-12(16-7-10-20(13,17)18)15-6-9-19-8-5-11(2)3;/h11H,4-10H2,1-3H3,(H2,13,17,18)(H2,14,15,16);1H. The summed E-state index contributed by atoms with van der Waals surface area (Å²) in [6, 6.07) is 0. The molecule has 0 amide bonds. The van der Waals surface area contributed by atoms with Crippen molar-refractivity contribution in [3.05, 3.63) is 0 Å². The van der Waals surface area contributed by atoms with E-state index in [4.69, 9.17) is 9.88 Å². The molecule has 21 heavy (non-hydrogen) atoms. The van der Waals surface area contributed by atoms with Gasteiger partial charge in [-0.1, -0.05) is 13.8 Å². The van der Waals surface area contributed by atoms with Crippen LogP contribution in [0.3, 0.4) is 0 Å². The van der Waals surface area contributed by atoms with Gasteiger partial charge in [0.15, 0.2) is 5.96 Å². The van der Waals surface area contributed by atoms with Gasteiger partial charge in [-0.3, -0.25) is 4.99 Å². The minimum Gasteiger partial charge on any atom is -0.380 e.